The molecule has 98 valence electrons. The van der Waals surface area contributed by atoms with Gasteiger partial charge >= 0.3 is 6.09 Å². The van der Waals surface area contributed by atoms with Crippen molar-refractivity contribution in [1.82, 2.24) is 14.9 Å². The third-order valence-corrected chi connectivity index (χ3v) is 3.05. The van der Waals surface area contributed by atoms with E-state index < -0.39 is 5.60 Å². The molecule has 0 spiro atoms. The fourth-order valence-corrected chi connectivity index (χ4v) is 2.25. The Morgan fingerprint density at radius 2 is 2.17 bits per heavy atom. The number of aromatic nitrogens is 2. The summed E-state index contributed by atoms with van der Waals surface area (Å²) in [5, 5.41) is 0.401. The van der Waals surface area contributed by atoms with E-state index in [0.717, 1.165) is 11.3 Å². The smallest absolute Gasteiger partial charge is 0.411 e. The highest BCUT2D eigenvalue weighted by atomic mass is 35.5. The van der Waals surface area contributed by atoms with Gasteiger partial charge in [0.2, 0.25) is 0 Å². The summed E-state index contributed by atoms with van der Waals surface area (Å²) in [6.07, 6.45) is 1.05. The van der Waals surface area contributed by atoms with Crippen molar-refractivity contribution in [3.8, 4) is 0 Å². The molecule has 0 fully saturated rings. The quantitative estimate of drug-likeness (QED) is 0.680. The molecule has 0 radical (unpaired) electrons. The number of ether oxygens (including phenoxy) is 1. The lowest BCUT2D eigenvalue weighted by molar-refractivity contribution is 0.0186. The van der Waals surface area contributed by atoms with Crippen LogP contribution in [0.3, 0.4) is 0 Å². The minimum absolute atomic E-state index is 0.163. The molecule has 0 bridgehead atoms. The van der Waals surface area contributed by atoms with Gasteiger partial charge in [-0.2, -0.15) is 0 Å². The van der Waals surface area contributed by atoms with E-state index in [4.69, 9.17) is 16.3 Å². The molecule has 1 aromatic heterocycles. The third-order valence-electron chi connectivity index (χ3n) is 2.75. The maximum atomic E-state index is 12.1. The monoisotopic (exact) mass is 269 g/mol. The first-order valence-electron chi connectivity index (χ1n) is 5.78. The van der Waals surface area contributed by atoms with Gasteiger partial charge in [0.05, 0.1) is 18.3 Å². The number of nitrogens with zero attached hydrogens (tertiary/aromatic N) is 3. The van der Waals surface area contributed by atoms with Gasteiger partial charge in [0, 0.05) is 5.56 Å². The highest BCUT2D eigenvalue weighted by Gasteiger charge is 2.36. The normalized spacial score (nSPS) is 18.7. The molecule has 1 aliphatic rings. The summed E-state index contributed by atoms with van der Waals surface area (Å²) < 4.78 is 5.36. The van der Waals surface area contributed by atoms with Crippen molar-refractivity contribution in [2.45, 2.75) is 45.9 Å². The molecule has 0 aromatic carbocycles. The molecule has 1 aliphatic heterocycles. The molecule has 6 heteroatoms. The summed E-state index contributed by atoms with van der Waals surface area (Å²) in [5.41, 5.74) is 1.08. The van der Waals surface area contributed by atoms with Gasteiger partial charge in [-0.05, 0) is 27.7 Å². The largest absolute Gasteiger partial charge is 0.444 e. The summed E-state index contributed by atoms with van der Waals surface area (Å²) >= 11 is 6.04. The molecule has 5 nitrogen and oxygen atoms in total. The molecule has 1 aromatic rings. The van der Waals surface area contributed by atoms with Crippen LogP contribution in [0.2, 0.25) is 5.15 Å². The molecule has 0 saturated heterocycles. The van der Waals surface area contributed by atoms with Crippen LogP contribution in [-0.2, 0) is 11.3 Å². The topological polar surface area (TPSA) is 55.3 Å². The molecule has 0 unspecified atom stereocenters. The number of carbonyl (C=O) groups excluding carboxylic acids is 1. The summed E-state index contributed by atoms with van der Waals surface area (Å²) in [5.74, 6) is 0. The Hall–Kier alpha value is -1.36. The van der Waals surface area contributed by atoms with Crippen LogP contribution < -0.4 is 0 Å². The number of hydrogen-bond donors (Lipinski definition) is 0. The van der Waals surface area contributed by atoms with E-state index in [1.165, 1.54) is 6.33 Å². The van der Waals surface area contributed by atoms with Crippen molar-refractivity contribution in [3.63, 3.8) is 0 Å². The summed E-state index contributed by atoms with van der Waals surface area (Å²) in [7, 11) is 0. The minimum Gasteiger partial charge on any atom is -0.444 e. The standard InChI is InChI=1S/C12H16ClN3O2/c1-7-9-8(14-6-15-10(9)13)5-16(7)11(17)18-12(2,3)4/h6-7H,5H2,1-4H3/t7-/m1/s1. The first-order valence-corrected chi connectivity index (χ1v) is 6.16. The van der Waals surface area contributed by atoms with Crippen molar-refractivity contribution in [2.24, 2.45) is 0 Å². The number of amides is 1. The van der Waals surface area contributed by atoms with Crippen molar-refractivity contribution >= 4 is 17.7 Å². The summed E-state index contributed by atoms with van der Waals surface area (Å²) in [6.45, 7) is 7.82. The Labute approximate surface area is 111 Å². The molecule has 18 heavy (non-hydrogen) atoms. The van der Waals surface area contributed by atoms with Crippen molar-refractivity contribution < 1.29 is 9.53 Å². The second kappa shape index (κ2) is 4.39. The van der Waals surface area contributed by atoms with Crippen molar-refractivity contribution in [2.75, 3.05) is 0 Å². The highest BCUT2D eigenvalue weighted by molar-refractivity contribution is 6.30. The minimum atomic E-state index is -0.513. The first-order chi connectivity index (χ1) is 8.29. The first kappa shape index (κ1) is 13.1. The van der Waals surface area contributed by atoms with Crippen LogP contribution in [0, 0.1) is 0 Å². The molecule has 0 aliphatic carbocycles. The zero-order valence-electron chi connectivity index (χ0n) is 10.9. The maximum Gasteiger partial charge on any atom is 0.411 e. The van der Waals surface area contributed by atoms with E-state index in [1.54, 1.807) is 4.90 Å². The zero-order valence-corrected chi connectivity index (χ0v) is 11.7. The van der Waals surface area contributed by atoms with E-state index in [9.17, 15) is 4.79 Å². The fraction of sp³-hybridized carbons (Fsp3) is 0.583. The lowest BCUT2D eigenvalue weighted by Crippen LogP contribution is -2.35. The number of halogens is 1. The maximum absolute atomic E-state index is 12.1. The molecular weight excluding hydrogens is 254 g/mol. The molecule has 0 N–H and O–H groups in total. The van der Waals surface area contributed by atoms with Crippen LogP contribution in [0.5, 0.6) is 0 Å². The molecule has 1 atom stereocenters. The average molecular weight is 270 g/mol. The van der Waals surface area contributed by atoms with Gasteiger partial charge in [0.25, 0.3) is 0 Å². The fourth-order valence-electron chi connectivity index (χ4n) is 1.94. The van der Waals surface area contributed by atoms with E-state index in [2.05, 4.69) is 9.97 Å². The second-order valence-electron chi connectivity index (χ2n) is 5.31. The number of fused-ring (bicyclic) bond motifs is 1. The third kappa shape index (κ3) is 2.41. The summed E-state index contributed by atoms with van der Waals surface area (Å²) in [6, 6.07) is -0.163. The van der Waals surface area contributed by atoms with E-state index >= 15 is 0 Å². The summed E-state index contributed by atoms with van der Waals surface area (Å²) in [4.78, 5) is 21.8. The van der Waals surface area contributed by atoms with Gasteiger partial charge in [-0.15, -0.1) is 0 Å². The Morgan fingerprint density at radius 3 is 2.72 bits per heavy atom. The highest BCUT2D eigenvalue weighted by Crippen LogP contribution is 2.36. The van der Waals surface area contributed by atoms with Crippen LogP contribution in [0.25, 0.3) is 0 Å². The van der Waals surface area contributed by atoms with Crippen LogP contribution in [0.1, 0.15) is 45.0 Å². The molecule has 2 rings (SSSR count). The van der Waals surface area contributed by atoms with Gasteiger partial charge in [0.1, 0.15) is 17.1 Å². The van der Waals surface area contributed by atoms with Gasteiger partial charge in [0.15, 0.2) is 0 Å². The zero-order chi connectivity index (χ0) is 13.5. The Balaban J connectivity index is 2.22. The molecule has 1 amide bonds. The van der Waals surface area contributed by atoms with Gasteiger partial charge in [-0.3, -0.25) is 4.90 Å². The average Bonchev–Trinajstić information content (AvgIpc) is 2.55. The van der Waals surface area contributed by atoms with Crippen LogP contribution in [0.15, 0.2) is 6.33 Å². The predicted octanol–water partition coefficient (Wildman–Crippen LogP) is 2.94. The lowest BCUT2D eigenvalue weighted by atomic mass is 10.2. The van der Waals surface area contributed by atoms with Crippen LogP contribution in [-0.4, -0.2) is 26.6 Å². The predicted molar refractivity (Wildman–Crippen MR) is 67.2 cm³/mol. The number of rotatable bonds is 0. The van der Waals surface area contributed by atoms with Crippen molar-refractivity contribution in [1.29, 1.82) is 0 Å². The SMILES string of the molecule is C[C@@H]1c2c(Cl)ncnc2CN1C(=O)OC(C)(C)C. The van der Waals surface area contributed by atoms with Crippen LogP contribution >= 0.6 is 11.6 Å². The molecule has 0 saturated carbocycles. The van der Waals surface area contributed by atoms with Crippen LogP contribution in [0.4, 0.5) is 4.79 Å². The Morgan fingerprint density at radius 1 is 1.50 bits per heavy atom. The Kier molecular flexibility index (Phi) is 3.19. The van der Waals surface area contributed by atoms with Crippen molar-refractivity contribution in [3.05, 3.63) is 22.7 Å². The van der Waals surface area contributed by atoms with Gasteiger partial charge in [-0.25, -0.2) is 14.8 Å². The van der Waals surface area contributed by atoms with E-state index in [-0.39, 0.29) is 12.1 Å². The van der Waals surface area contributed by atoms with E-state index in [1.807, 2.05) is 27.7 Å². The number of carbonyl (C=O) groups is 1. The number of hydrogen-bond acceptors (Lipinski definition) is 4. The van der Waals surface area contributed by atoms with E-state index in [0.29, 0.717) is 11.7 Å². The van der Waals surface area contributed by atoms with Gasteiger partial charge in [-0.1, -0.05) is 11.6 Å². The Bertz CT molecular complexity index is 485. The van der Waals surface area contributed by atoms with Gasteiger partial charge < -0.3 is 4.74 Å². The molecular formula is C12H16ClN3O2. The lowest BCUT2D eigenvalue weighted by Gasteiger charge is -2.26. The second-order valence-corrected chi connectivity index (χ2v) is 5.67. The molecule has 2 heterocycles.